The van der Waals surface area contributed by atoms with Crippen LogP contribution in [-0.4, -0.2) is 13.7 Å². The summed E-state index contributed by atoms with van der Waals surface area (Å²) < 4.78 is 19.1. The standard InChI is InChI=1S/C45H29NO.C45H29NS.C39H25NS/c2*1-45(2)34-19-8-17-31-29-13-3-4-14-30(29)32-18-9-20-36-42(32)44-37(24-23-35(45)43(44)41(31)34)46(36)27-12-7-11-26(25-27)28-16-10-22-39-40(28)33-15-5-6-21-38(33)47-39;1-39(2)29-14-7-12-27-23-9-3-4-10-24(23)28-13-8-15-31-36(28)38-32(20-19-30(39)37(38)35(27)29)40(31)22-17-18-26-25-11-5-6-16-33(25)41-34(26)21-22/h2*3-25H,1-2H3;3-21H,1-2H3. The van der Waals surface area contributed by atoms with Crippen LogP contribution in [0.1, 0.15) is 74.9 Å². The first kappa shape index (κ1) is 75.7. The highest BCUT2D eigenvalue weighted by molar-refractivity contribution is 7.26. The van der Waals surface area contributed by atoms with Crippen molar-refractivity contribution in [3.8, 4) is 39.3 Å². The predicted molar refractivity (Wildman–Crippen MR) is 580 cm³/mol. The fraction of sp³-hybridized carbons (Fsp3) is 0.0698. The molecule has 0 unspecified atom stereocenters. The molecule has 0 radical (unpaired) electrons. The Kier molecular flexibility index (Phi) is 15.2. The van der Waals surface area contributed by atoms with Crippen molar-refractivity contribution in [1.29, 1.82) is 0 Å². The van der Waals surface area contributed by atoms with Crippen molar-refractivity contribution in [3.05, 3.63) is 428 Å². The number of benzene rings is 20. The van der Waals surface area contributed by atoms with Crippen molar-refractivity contribution in [2.24, 2.45) is 0 Å². The van der Waals surface area contributed by atoms with E-state index in [0.717, 1.165) is 27.6 Å². The number of aromatic nitrogens is 3. The lowest BCUT2D eigenvalue weighted by Crippen LogP contribution is -2.15. The van der Waals surface area contributed by atoms with Gasteiger partial charge in [-0.15, -0.1) is 22.7 Å². The molecule has 6 heteroatoms. The van der Waals surface area contributed by atoms with E-state index in [1.165, 1.54) is 270 Å². The Bertz CT molecular complexity index is 10100. The minimum absolute atomic E-state index is 0.0620. The Morgan fingerprint density at radius 2 is 0.481 bits per heavy atom. The van der Waals surface area contributed by atoms with Gasteiger partial charge in [0, 0.05) is 117 Å². The van der Waals surface area contributed by atoms with Crippen molar-refractivity contribution in [2.75, 3.05) is 0 Å². The van der Waals surface area contributed by atoms with Crippen LogP contribution in [0, 0.1) is 0 Å². The molecule has 0 saturated heterocycles. The number of para-hydroxylation sites is 1. The molecule has 0 bridgehead atoms. The molecule has 23 aromatic carbocycles. The highest BCUT2D eigenvalue weighted by Crippen LogP contribution is 2.59. The summed E-state index contributed by atoms with van der Waals surface area (Å²) in [5, 5.41) is 40.1. The van der Waals surface area contributed by atoms with Crippen LogP contribution < -0.4 is 0 Å². The molecule has 6 aromatic heterocycles. The maximum Gasteiger partial charge on any atom is 0.136 e. The van der Waals surface area contributed by atoms with E-state index < -0.39 is 0 Å². The normalized spacial score (nSPS) is 14.0. The molecule has 0 N–H and O–H groups in total. The molecule has 29 aromatic rings. The second-order valence-corrected chi connectivity index (χ2v) is 41.5. The quantitative estimate of drug-likeness (QED) is 0.169. The minimum atomic E-state index is -0.0938. The van der Waals surface area contributed by atoms with Crippen molar-refractivity contribution in [1.82, 2.24) is 13.7 Å². The third-order valence-electron chi connectivity index (χ3n) is 31.6. The maximum absolute atomic E-state index is 6.27. The van der Waals surface area contributed by atoms with Gasteiger partial charge >= 0.3 is 0 Å². The van der Waals surface area contributed by atoms with Gasteiger partial charge in [0.1, 0.15) is 11.2 Å². The van der Waals surface area contributed by atoms with E-state index in [1.54, 1.807) is 0 Å². The lowest BCUT2D eigenvalue weighted by molar-refractivity contribution is 0.663. The number of nitrogens with zero attached hydrogens (tertiary/aromatic N) is 3. The second-order valence-electron chi connectivity index (χ2n) is 39.4. The number of fused-ring (bicyclic) bond motifs is 18. The van der Waals surface area contributed by atoms with Crippen LogP contribution >= 0.6 is 22.7 Å². The number of rotatable bonds is 5. The summed E-state index contributed by atoms with van der Waals surface area (Å²) in [4.78, 5) is 0. The number of thiophene rings is 2. The van der Waals surface area contributed by atoms with Crippen LogP contribution in [0.5, 0.6) is 0 Å². The number of furan rings is 1. The first-order valence-corrected chi connectivity index (χ1v) is 48.9. The molecular formula is C129H83N3OS2. The molecule has 0 amide bonds. The molecule has 3 aliphatic rings. The van der Waals surface area contributed by atoms with Gasteiger partial charge in [-0.05, 0) is 256 Å². The zero-order chi connectivity index (χ0) is 89.1. The minimum Gasteiger partial charge on any atom is -0.456 e. The lowest BCUT2D eigenvalue weighted by atomic mass is 9.81. The van der Waals surface area contributed by atoms with Gasteiger partial charge in [0.15, 0.2) is 0 Å². The SMILES string of the molecule is CC1(C)c2cccc3c4ccccc4c4cccc5c4c4c(c1ccc4n5-c1ccc4c(c1)sc1ccccc14)c23.CC1(C)c2cccc3c4ccccc4c4cccc5c4c4c(c1ccc4n5-c1cccc(-c4cccc5oc6ccccc6c45)c1)c23.CC1(C)c2cccc3c4ccccc4c4cccc5c4c4c(c1ccc4n5-c1cccc(-c4cccc5sc6ccccc6c45)c1)c23. The zero-order valence-electron chi connectivity index (χ0n) is 75.1. The second kappa shape index (κ2) is 27.2. The molecule has 3 aliphatic carbocycles. The Morgan fingerprint density at radius 3 is 0.933 bits per heavy atom. The molecule has 632 valence electrons. The van der Waals surface area contributed by atoms with Gasteiger partial charge in [-0.3, -0.25) is 0 Å². The highest BCUT2D eigenvalue weighted by Gasteiger charge is 2.40. The molecule has 0 spiro atoms. The van der Waals surface area contributed by atoms with Gasteiger partial charge in [-0.25, -0.2) is 0 Å². The van der Waals surface area contributed by atoms with Gasteiger partial charge in [0.05, 0.1) is 33.1 Å². The predicted octanol–water partition coefficient (Wildman–Crippen LogP) is 36.6. The Balaban J connectivity index is 0.0000000967. The first-order valence-electron chi connectivity index (χ1n) is 47.3. The van der Waals surface area contributed by atoms with Crippen LogP contribution in [0.25, 0.3) is 264 Å². The Morgan fingerprint density at radius 1 is 0.178 bits per heavy atom. The summed E-state index contributed by atoms with van der Waals surface area (Å²) in [7, 11) is 0. The van der Waals surface area contributed by atoms with E-state index >= 15 is 0 Å². The third-order valence-corrected chi connectivity index (χ3v) is 33.9. The van der Waals surface area contributed by atoms with Crippen LogP contribution in [0.15, 0.2) is 399 Å². The smallest absolute Gasteiger partial charge is 0.136 e. The van der Waals surface area contributed by atoms with Gasteiger partial charge < -0.3 is 18.1 Å². The van der Waals surface area contributed by atoms with Gasteiger partial charge in [0.2, 0.25) is 0 Å². The van der Waals surface area contributed by atoms with E-state index in [1.807, 2.05) is 28.7 Å². The average Bonchev–Trinajstić information content (AvgIpc) is 1.53. The van der Waals surface area contributed by atoms with Crippen molar-refractivity contribution in [2.45, 2.75) is 57.8 Å². The van der Waals surface area contributed by atoms with Gasteiger partial charge in [-0.1, -0.05) is 333 Å². The average molecular weight is 1760 g/mol. The third kappa shape index (κ3) is 10.0. The van der Waals surface area contributed by atoms with Crippen LogP contribution in [-0.2, 0) is 16.2 Å². The van der Waals surface area contributed by atoms with E-state index in [0.29, 0.717) is 0 Å². The van der Waals surface area contributed by atoms with Crippen LogP contribution in [0.2, 0.25) is 0 Å². The van der Waals surface area contributed by atoms with Crippen molar-refractivity contribution < 1.29 is 4.42 Å². The van der Waals surface area contributed by atoms with Crippen LogP contribution in [0.3, 0.4) is 0 Å². The topological polar surface area (TPSA) is 27.9 Å². The van der Waals surface area contributed by atoms with Crippen LogP contribution in [0.4, 0.5) is 0 Å². The molecule has 135 heavy (non-hydrogen) atoms. The maximum atomic E-state index is 6.27. The molecule has 6 heterocycles. The molecule has 0 aliphatic heterocycles. The molecule has 0 fully saturated rings. The summed E-state index contributed by atoms with van der Waals surface area (Å²) in [6.45, 7) is 14.4. The molecule has 32 rings (SSSR count). The van der Waals surface area contributed by atoms with E-state index in [4.69, 9.17) is 4.42 Å². The van der Waals surface area contributed by atoms with E-state index in [2.05, 4.69) is 443 Å². The molecule has 4 nitrogen and oxygen atoms in total. The summed E-state index contributed by atoms with van der Waals surface area (Å²) in [5.74, 6) is 0. The molecule has 0 atom stereocenters. The lowest BCUT2D eigenvalue weighted by Gasteiger charge is -2.22. The summed E-state index contributed by atoms with van der Waals surface area (Å²) >= 11 is 3.77. The van der Waals surface area contributed by atoms with Gasteiger partial charge in [0.25, 0.3) is 0 Å². The zero-order valence-corrected chi connectivity index (χ0v) is 76.7. The van der Waals surface area contributed by atoms with E-state index in [9.17, 15) is 0 Å². The Labute approximate surface area is 784 Å². The fourth-order valence-electron chi connectivity index (χ4n) is 25.8. The summed E-state index contributed by atoms with van der Waals surface area (Å²) in [5.41, 5.74) is 26.1. The van der Waals surface area contributed by atoms with Gasteiger partial charge in [-0.2, -0.15) is 0 Å². The van der Waals surface area contributed by atoms with E-state index in [-0.39, 0.29) is 16.2 Å². The van der Waals surface area contributed by atoms with Crippen molar-refractivity contribution >= 4 is 247 Å². The summed E-state index contributed by atoms with van der Waals surface area (Å²) in [6, 6.07) is 147. The molecule has 0 saturated carbocycles. The number of hydrogen-bond acceptors (Lipinski definition) is 3. The number of hydrogen-bond donors (Lipinski definition) is 0. The monoisotopic (exact) mass is 1750 g/mol. The Hall–Kier alpha value is -16.0. The highest BCUT2D eigenvalue weighted by atomic mass is 32.1. The largest absolute Gasteiger partial charge is 0.456 e. The van der Waals surface area contributed by atoms with Crippen molar-refractivity contribution in [3.63, 3.8) is 0 Å². The first-order chi connectivity index (χ1) is 66.3. The summed E-state index contributed by atoms with van der Waals surface area (Å²) in [6.07, 6.45) is 0. The fourth-order valence-corrected chi connectivity index (χ4v) is 28.1. The molecular weight excluding hydrogens is 1670 g/mol.